The summed E-state index contributed by atoms with van der Waals surface area (Å²) in [6, 6.07) is 4.93. The smallest absolute Gasteiger partial charge is 0.295 e. The van der Waals surface area contributed by atoms with E-state index in [1.807, 2.05) is 0 Å². The molecule has 2 aliphatic heterocycles. The summed E-state index contributed by atoms with van der Waals surface area (Å²) in [7, 11) is 0. The van der Waals surface area contributed by atoms with E-state index in [2.05, 4.69) is 15.1 Å². The van der Waals surface area contributed by atoms with Gasteiger partial charge in [-0.3, -0.25) is 19.6 Å². The van der Waals surface area contributed by atoms with Crippen molar-refractivity contribution in [1.29, 1.82) is 0 Å². The number of Topliss-reactive ketones (excluding diaryl/α,β-unsaturated/α-hetero) is 1. The Morgan fingerprint density at radius 1 is 1.25 bits per heavy atom. The lowest BCUT2D eigenvalue weighted by Gasteiger charge is -2.29. The first-order valence-electron chi connectivity index (χ1n) is 10.7. The van der Waals surface area contributed by atoms with Gasteiger partial charge in [0.1, 0.15) is 11.6 Å². The lowest BCUT2D eigenvalue weighted by molar-refractivity contribution is -0.140. The molecule has 32 heavy (non-hydrogen) atoms. The highest BCUT2D eigenvalue weighted by Crippen LogP contribution is 2.40. The number of aliphatic hydroxyl groups is 1. The molecule has 2 N–H and O–H groups in total. The van der Waals surface area contributed by atoms with Crippen molar-refractivity contribution in [2.45, 2.75) is 26.3 Å². The van der Waals surface area contributed by atoms with Crippen molar-refractivity contribution in [2.75, 3.05) is 39.4 Å². The van der Waals surface area contributed by atoms with Gasteiger partial charge >= 0.3 is 0 Å². The zero-order valence-corrected chi connectivity index (χ0v) is 18.2. The molecule has 2 fully saturated rings. The zero-order chi connectivity index (χ0) is 22.8. The maximum absolute atomic E-state index is 14.1. The lowest BCUT2D eigenvalue weighted by Crippen LogP contribution is -2.39. The number of nitrogens with zero attached hydrogens (tertiary/aromatic N) is 3. The van der Waals surface area contributed by atoms with Crippen molar-refractivity contribution < 1.29 is 23.8 Å². The van der Waals surface area contributed by atoms with Crippen molar-refractivity contribution in [3.8, 4) is 0 Å². The number of ether oxygens (including phenoxy) is 1. The number of likely N-dealkylation sites (tertiary alicyclic amines) is 1. The van der Waals surface area contributed by atoms with Crippen LogP contribution in [-0.2, 0) is 14.3 Å². The molecule has 1 aromatic heterocycles. The second-order valence-corrected chi connectivity index (χ2v) is 8.16. The van der Waals surface area contributed by atoms with Gasteiger partial charge in [-0.25, -0.2) is 4.39 Å². The van der Waals surface area contributed by atoms with Crippen molar-refractivity contribution in [2.24, 2.45) is 0 Å². The molecular formula is C23H27FN4O4. The number of ketones is 1. The molecule has 2 aliphatic rings. The summed E-state index contributed by atoms with van der Waals surface area (Å²) >= 11 is 0. The van der Waals surface area contributed by atoms with Gasteiger partial charge in [-0.1, -0.05) is 12.1 Å². The molecule has 1 unspecified atom stereocenters. The topological polar surface area (TPSA) is 98.8 Å². The number of aromatic amines is 1. The van der Waals surface area contributed by atoms with E-state index in [0.717, 1.165) is 19.6 Å². The molecule has 9 heteroatoms. The van der Waals surface area contributed by atoms with Crippen molar-refractivity contribution in [3.05, 3.63) is 58.2 Å². The fraction of sp³-hybridized carbons (Fsp3) is 0.435. The van der Waals surface area contributed by atoms with Gasteiger partial charge in [-0.05, 0) is 38.0 Å². The van der Waals surface area contributed by atoms with Crippen LogP contribution < -0.4 is 0 Å². The standard InChI is InChI=1S/C23H27FN4O4/c1-14-18(15(2)26-25-14)21(29)19-20(16-5-3-6-17(24)13-16)28(23(31)22(19)30)8-4-7-27-9-11-32-12-10-27/h3,5-6,13,20,29H,4,7-12H2,1-2H3,(H,25,26)/b21-19+. The monoisotopic (exact) mass is 442 g/mol. The number of aliphatic hydroxyl groups excluding tert-OH is 1. The Labute approximate surface area is 185 Å². The molecule has 0 spiro atoms. The molecule has 170 valence electrons. The maximum atomic E-state index is 14.1. The summed E-state index contributed by atoms with van der Waals surface area (Å²) in [5.74, 6) is -2.24. The van der Waals surface area contributed by atoms with Crippen LogP contribution in [0.15, 0.2) is 29.8 Å². The number of rotatable bonds is 6. The first kappa shape index (κ1) is 22.2. The molecule has 3 heterocycles. The second kappa shape index (κ2) is 9.22. The fourth-order valence-corrected chi connectivity index (χ4v) is 4.46. The van der Waals surface area contributed by atoms with Gasteiger partial charge in [0.2, 0.25) is 0 Å². The summed E-state index contributed by atoms with van der Waals surface area (Å²) in [5, 5.41) is 18.0. The number of nitrogens with one attached hydrogen (secondary N) is 1. The summed E-state index contributed by atoms with van der Waals surface area (Å²) < 4.78 is 19.4. The van der Waals surface area contributed by atoms with Crippen LogP contribution >= 0.6 is 0 Å². The number of morpholine rings is 1. The molecule has 0 bridgehead atoms. The number of hydrogen-bond donors (Lipinski definition) is 2. The van der Waals surface area contributed by atoms with Crippen molar-refractivity contribution >= 4 is 17.4 Å². The second-order valence-electron chi connectivity index (χ2n) is 8.16. The van der Waals surface area contributed by atoms with Gasteiger partial charge in [0, 0.05) is 31.9 Å². The normalized spacial score (nSPS) is 21.5. The molecule has 1 amide bonds. The van der Waals surface area contributed by atoms with Crippen LogP contribution in [0.25, 0.3) is 5.76 Å². The highest BCUT2D eigenvalue weighted by molar-refractivity contribution is 6.46. The average Bonchev–Trinajstić information content (AvgIpc) is 3.24. The van der Waals surface area contributed by atoms with Gasteiger partial charge < -0.3 is 14.7 Å². The Bertz CT molecular complexity index is 1040. The first-order valence-corrected chi connectivity index (χ1v) is 10.7. The maximum Gasteiger partial charge on any atom is 0.295 e. The van der Waals surface area contributed by atoms with Crippen molar-refractivity contribution in [1.82, 2.24) is 20.0 Å². The van der Waals surface area contributed by atoms with E-state index >= 15 is 0 Å². The van der Waals surface area contributed by atoms with Gasteiger partial charge in [0.15, 0.2) is 0 Å². The predicted molar refractivity (Wildman–Crippen MR) is 115 cm³/mol. The molecule has 1 atom stereocenters. The quantitative estimate of drug-likeness (QED) is 0.405. The minimum absolute atomic E-state index is 0.0421. The fourth-order valence-electron chi connectivity index (χ4n) is 4.46. The van der Waals surface area contributed by atoms with E-state index in [-0.39, 0.29) is 11.3 Å². The van der Waals surface area contributed by atoms with Gasteiger partial charge in [-0.15, -0.1) is 0 Å². The summed E-state index contributed by atoms with van der Waals surface area (Å²) in [5.41, 5.74) is 1.88. The molecule has 0 radical (unpaired) electrons. The zero-order valence-electron chi connectivity index (χ0n) is 18.2. The number of benzene rings is 1. The van der Waals surface area contributed by atoms with Crippen LogP contribution in [0.1, 0.15) is 35.0 Å². The van der Waals surface area contributed by atoms with Crippen LogP contribution in [0.5, 0.6) is 0 Å². The number of amides is 1. The molecule has 4 rings (SSSR count). The van der Waals surface area contributed by atoms with Crippen LogP contribution in [0, 0.1) is 19.7 Å². The number of carbonyl (C=O) groups excluding carboxylic acids is 2. The molecule has 2 saturated heterocycles. The molecule has 1 aromatic carbocycles. The summed E-state index contributed by atoms with van der Waals surface area (Å²) in [4.78, 5) is 29.7. The number of H-pyrrole nitrogens is 1. The van der Waals surface area contributed by atoms with Crippen LogP contribution in [0.3, 0.4) is 0 Å². The van der Waals surface area contributed by atoms with E-state index in [1.54, 1.807) is 19.9 Å². The molecule has 8 nitrogen and oxygen atoms in total. The van der Waals surface area contributed by atoms with Crippen molar-refractivity contribution in [3.63, 3.8) is 0 Å². The predicted octanol–water partition coefficient (Wildman–Crippen LogP) is 2.31. The largest absolute Gasteiger partial charge is 0.507 e. The Kier molecular flexibility index (Phi) is 6.38. The highest BCUT2D eigenvalue weighted by atomic mass is 19.1. The number of hydrogen-bond acceptors (Lipinski definition) is 6. The van der Waals surface area contributed by atoms with E-state index < -0.39 is 23.5 Å². The molecule has 2 aromatic rings. The molecule has 0 saturated carbocycles. The highest BCUT2D eigenvalue weighted by Gasteiger charge is 2.46. The van der Waals surface area contributed by atoms with Gasteiger partial charge in [0.05, 0.1) is 36.1 Å². The van der Waals surface area contributed by atoms with Gasteiger partial charge in [0.25, 0.3) is 11.7 Å². The van der Waals surface area contributed by atoms with Crippen LogP contribution in [0.4, 0.5) is 4.39 Å². The van der Waals surface area contributed by atoms with Crippen LogP contribution in [0.2, 0.25) is 0 Å². The van der Waals surface area contributed by atoms with E-state index in [1.165, 1.54) is 23.1 Å². The minimum atomic E-state index is -0.871. The van der Waals surface area contributed by atoms with E-state index in [9.17, 15) is 19.1 Å². The number of carbonyl (C=O) groups is 2. The Morgan fingerprint density at radius 2 is 2.00 bits per heavy atom. The third-order valence-electron chi connectivity index (χ3n) is 6.05. The third-order valence-corrected chi connectivity index (χ3v) is 6.05. The van der Waals surface area contributed by atoms with Crippen LogP contribution in [-0.4, -0.2) is 76.2 Å². The number of aromatic nitrogens is 2. The van der Waals surface area contributed by atoms with Gasteiger partial charge in [-0.2, -0.15) is 5.10 Å². The number of halogens is 1. The first-order chi connectivity index (χ1) is 15.4. The molecular weight excluding hydrogens is 415 g/mol. The molecule has 0 aliphatic carbocycles. The van der Waals surface area contributed by atoms with E-state index in [4.69, 9.17) is 4.74 Å². The Balaban J connectivity index is 1.70. The average molecular weight is 442 g/mol. The number of aryl methyl sites for hydroxylation is 2. The SMILES string of the molecule is Cc1n[nH]c(C)c1/C(O)=C1\C(=O)C(=O)N(CCCN2CCOCC2)C1c1cccc(F)c1. The van der Waals surface area contributed by atoms with E-state index in [0.29, 0.717) is 48.7 Å². The Morgan fingerprint density at radius 3 is 2.66 bits per heavy atom. The summed E-state index contributed by atoms with van der Waals surface area (Å²) in [6.07, 6.45) is 0.642. The summed E-state index contributed by atoms with van der Waals surface area (Å²) in [6.45, 7) is 7.50. The minimum Gasteiger partial charge on any atom is -0.507 e. The lowest BCUT2D eigenvalue weighted by atomic mass is 9.94. The Hall–Kier alpha value is -3.04. The third kappa shape index (κ3) is 4.18.